The summed E-state index contributed by atoms with van der Waals surface area (Å²) in [6.07, 6.45) is 2.27. The van der Waals surface area contributed by atoms with Crippen molar-refractivity contribution in [1.82, 2.24) is 9.78 Å². The number of ketones is 1. The molecule has 0 amide bonds. The van der Waals surface area contributed by atoms with Gasteiger partial charge in [0.2, 0.25) is 0 Å². The molecule has 1 aliphatic heterocycles. The summed E-state index contributed by atoms with van der Waals surface area (Å²) in [7, 11) is 0. The predicted octanol–water partition coefficient (Wildman–Crippen LogP) is 2.23. The number of carbonyl (C=O) groups is 1. The van der Waals surface area contributed by atoms with E-state index in [9.17, 15) is 4.79 Å². The minimum absolute atomic E-state index is 0.0416. The summed E-state index contributed by atoms with van der Waals surface area (Å²) in [5, 5.41) is 4.26. The van der Waals surface area contributed by atoms with Gasteiger partial charge >= 0.3 is 0 Å². The van der Waals surface area contributed by atoms with E-state index in [0.29, 0.717) is 6.42 Å². The van der Waals surface area contributed by atoms with E-state index in [4.69, 9.17) is 0 Å². The van der Waals surface area contributed by atoms with Crippen LogP contribution in [0.2, 0.25) is 0 Å². The molecule has 0 radical (unpaired) electrons. The summed E-state index contributed by atoms with van der Waals surface area (Å²) in [5.41, 5.74) is 0.616. The highest BCUT2D eigenvalue weighted by Crippen LogP contribution is 2.44. The second-order valence-electron chi connectivity index (χ2n) is 5.25. The smallest absolute Gasteiger partial charge is 0.183 e. The largest absolute Gasteiger partial charge is 0.292 e. The van der Waals surface area contributed by atoms with Crippen molar-refractivity contribution >= 4 is 5.78 Å². The molecule has 1 aromatic rings. The molecule has 0 saturated heterocycles. The first-order valence-corrected chi connectivity index (χ1v) is 4.94. The molecule has 1 aromatic heterocycles. The third-order valence-corrected chi connectivity index (χ3v) is 3.52. The van der Waals surface area contributed by atoms with E-state index in [1.165, 1.54) is 0 Å². The van der Waals surface area contributed by atoms with Gasteiger partial charge in [0.25, 0.3) is 0 Å². The minimum atomic E-state index is -0.178. The van der Waals surface area contributed by atoms with Gasteiger partial charge in [-0.15, -0.1) is 0 Å². The van der Waals surface area contributed by atoms with Gasteiger partial charge in [-0.1, -0.05) is 20.8 Å². The van der Waals surface area contributed by atoms with Gasteiger partial charge in [0.05, 0.1) is 5.54 Å². The molecule has 1 unspecified atom stereocenters. The van der Waals surface area contributed by atoms with Gasteiger partial charge in [-0.05, 0) is 18.4 Å². The SMILES string of the molecule is CC(C)(C)C1(C)CC(=O)c2ccnn21. The van der Waals surface area contributed by atoms with Gasteiger partial charge in [-0.3, -0.25) is 9.48 Å². The Hall–Kier alpha value is -1.12. The second kappa shape index (κ2) is 2.47. The summed E-state index contributed by atoms with van der Waals surface area (Å²) in [5.74, 6) is 0.208. The number of aromatic nitrogens is 2. The molecule has 2 rings (SSSR count). The van der Waals surface area contributed by atoms with E-state index in [2.05, 4.69) is 32.8 Å². The van der Waals surface area contributed by atoms with E-state index in [0.717, 1.165) is 5.69 Å². The van der Waals surface area contributed by atoms with Gasteiger partial charge in [0.1, 0.15) is 5.69 Å². The van der Waals surface area contributed by atoms with Gasteiger partial charge in [0.15, 0.2) is 5.78 Å². The lowest BCUT2D eigenvalue weighted by Gasteiger charge is -2.38. The van der Waals surface area contributed by atoms with E-state index in [-0.39, 0.29) is 16.7 Å². The Morgan fingerprint density at radius 1 is 1.50 bits per heavy atom. The number of Topliss-reactive ketones (excluding diaryl/α,β-unsaturated/α-hetero) is 1. The fourth-order valence-electron chi connectivity index (χ4n) is 1.97. The first kappa shape index (κ1) is 9.44. The average molecular weight is 192 g/mol. The fraction of sp³-hybridized carbons (Fsp3) is 0.636. The molecule has 3 nitrogen and oxygen atoms in total. The summed E-state index contributed by atoms with van der Waals surface area (Å²) < 4.78 is 1.88. The highest BCUT2D eigenvalue weighted by atomic mass is 16.1. The maximum absolute atomic E-state index is 11.7. The normalized spacial score (nSPS) is 26.7. The molecular formula is C11H16N2O. The topological polar surface area (TPSA) is 34.9 Å². The highest BCUT2D eigenvalue weighted by Gasteiger charge is 2.48. The van der Waals surface area contributed by atoms with Crippen molar-refractivity contribution in [2.45, 2.75) is 39.7 Å². The molecule has 2 heterocycles. The molecule has 14 heavy (non-hydrogen) atoms. The molecule has 76 valence electrons. The van der Waals surface area contributed by atoms with Crippen LogP contribution in [0.4, 0.5) is 0 Å². The zero-order valence-electron chi connectivity index (χ0n) is 9.16. The van der Waals surface area contributed by atoms with Gasteiger partial charge in [-0.25, -0.2) is 0 Å². The number of hydrogen-bond donors (Lipinski definition) is 0. The van der Waals surface area contributed by atoms with Crippen molar-refractivity contribution in [2.75, 3.05) is 0 Å². The fourth-order valence-corrected chi connectivity index (χ4v) is 1.97. The van der Waals surface area contributed by atoms with E-state index in [1.54, 1.807) is 12.3 Å². The second-order valence-corrected chi connectivity index (χ2v) is 5.25. The van der Waals surface area contributed by atoms with E-state index < -0.39 is 0 Å². The van der Waals surface area contributed by atoms with Crippen LogP contribution >= 0.6 is 0 Å². The lowest BCUT2D eigenvalue weighted by atomic mass is 9.74. The quantitative estimate of drug-likeness (QED) is 0.631. The first-order chi connectivity index (χ1) is 6.36. The highest BCUT2D eigenvalue weighted by molar-refractivity contribution is 5.97. The summed E-state index contributed by atoms with van der Waals surface area (Å²) in [6, 6.07) is 1.80. The molecule has 3 heteroatoms. The van der Waals surface area contributed by atoms with Crippen LogP contribution in [0.3, 0.4) is 0 Å². The Morgan fingerprint density at radius 3 is 2.71 bits per heavy atom. The molecule has 1 aliphatic rings. The number of nitrogens with zero attached hydrogens (tertiary/aromatic N) is 2. The molecule has 0 bridgehead atoms. The maximum Gasteiger partial charge on any atom is 0.183 e. The Labute approximate surface area is 84.1 Å². The average Bonchev–Trinajstić information content (AvgIpc) is 2.55. The minimum Gasteiger partial charge on any atom is -0.292 e. The predicted molar refractivity (Wildman–Crippen MR) is 54.3 cm³/mol. The molecule has 1 atom stereocenters. The third-order valence-electron chi connectivity index (χ3n) is 3.52. The van der Waals surface area contributed by atoms with Crippen LogP contribution in [0.25, 0.3) is 0 Å². The number of hydrogen-bond acceptors (Lipinski definition) is 2. The Bertz CT molecular complexity index is 386. The number of carbonyl (C=O) groups excluding carboxylic acids is 1. The van der Waals surface area contributed by atoms with Crippen LogP contribution in [0.5, 0.6) is 0 Å². The summed E-state index contributed by atoms with van der Waals surface area (Å²) >= 11 is 0. The zero-order chi connectivity index (χ0) is 10.6. The Balaban J connectivity index is 2.58. The molecule has 0 fully saturated rings. The Kier molecular flexibility index (Phi) is 1.66. The number of fused-ring (bicyclic) bond motifs is 1. The molecule has 0 saturated carbocycles. The van der Waals surface area contributed by atoms with Crippen LogP contribution in [0, 0.1) is 5.41 Å². The molecular weight excluding hydrogens is 176 g/mol. The van der Waals surface area contributed by atoms with Crippen LogP contribution in [0.15, 0.2) is 12.3 Å². The van der Waals surface area contributed by atoms with Gasteiger partial charge < -0.3 is 0 Å². The third kappa shape index (κ3) is 0.982. The maximum atomic E-state index is 11.7. The molecule has 0 aliphatic carbocycles. The van der Waals surface area contributed by atoms with Crippen molar-refractivity contribution in [1.29, 1.82) is 0 Å². The first-order valence-electron chi connectivity index (χ1n) is 4.94. The summed E-state index contributed by atoms with van der Waals surface area (Å²) in [4.78, 5) is 11.7. The van der Waals surface area contributed by atoms with Crippen molar-refractivity contribution in [3.8, 4) is 0 Å². The lowest BCUT2D eigenvalue weighted by Crippen LogP contribution is -2.41. The lowest BCUT2D eigenvalue weighted by molar-refractivity contribution is 0.0847. The van der Waals surface area contributed by atoms with Gasteiger partial charge in [-0.2, -0.15) is 5.10 Å². The van der Waals surface area contributed by atoms with Crippen LogP contribution in [-0.4, -0.2) is 15.6 Å². The zero-order valence-corrected chi connectivity index (χ0v) is 9.16. The van der Waals surface area contributed by atoms with Crippen molar-refractivity contribution in [3.63, 3.8) is 0 Å². The van der Waals surface area contributed by atoms with Crippen LogP contribution in [0.1, 0.15) is 44.6 Å². The van der Waals surface area contributed by atoms with Crippen molar-refractivity contribution < 1.29 is 4.79 Å². The van der Waals surface area contributed by atoms with Crippen molar-refractivity contribution in [2.24, 2.45) is 5.41 Å². The van der Waals surface area contributed by atoms with E-state index in [1.807, 2.05) is 4.68 Å². The van der Waals surface area contributed by atoms with Gasteiger partial charge in [0, 0.05) is 12.6 Å². The van der Waals surface area contributed by atoms with E-state index >= 15 is 0 Å². The van der Waals surface area contributed by atoms with Crippen LogP contribution in [-0.2, 0) is 5.54 Å². The molecule has 0 aromatic carbocycles. The standard InChI is InChI=1S/C11H16N2O/c1-10(2,3)11(4)7-9(14)8-5-6-12-13(8)11/h5-6H,7H2,1-4H3. The molecule has 0 spiro atoms. The summed E-state index contributed by atoms with van der Waals surface area (Å²) in [6.45, 7) is 8.56. The molecule has 0 N–H and O–H groups in total. The number of rotatable bonds is 0. The van der Waals surface area contributed by atoms with Crippen LogP contribution < -0.4 is 0 Å². The monoisotopic (exact) mass is 192 g/mol. The Morgan fingerprint density at radius 2 is 2.14 bits per heavy atom. The van der Waals surface area contributed by atoms with Crippen molar-refractivity contribution in [3.05, 3.63) is 18.0 Å².